The van der Waals surface area contributed by atoms with Crippen molar-refractivity contribution in [3.63, 3.8) is 0 Å². The SMILES string of the molecule is CC/C=C\C/C=C\C/C=C\C/C=C\C/C=C\C/C=C\C/C=C\C/C=C\C/C=C\C/C=C\CCCCCCCCCCCCC(=O)OC(COC(=O)CCCCCCCCCCC/C=C\C/C=C\CCCCCCC)COP(=O)(O)OCC[N+](C)(C)C. The molecular weight excluding hydrogens is 1090 g/mol. The van der Waals surface area contributed by atoms with Crippen LogP contribution in [-0.2, 0) is 32.7 Å². The third kappa shape index (κ3) is 69.0. The minimum atomic E-state index is -4.40. The Morgan fingerprint density at radius 3 is 0.988 bits per heavy atom. The molecule has 2 unspecified atom stereocenters. The molecule has 0 radical (unpaired) electrons. The van der Waals surface area contributed by atoms with Gasteiger partial charge < -0.3 is 18.9 Å². The van der Waals surface area contributed by atoms with Crippen molar-refractivity contribution >= 4 is 19.8 Å². The maximum Gasteiger partial charge on any atom is 0.472 e. The van der Waals surface area contributed by atoms with E-state index in [-0.39, 0.29) is 32.0 Å². The van der Waals surface area contributed by atoms with Gasteiger partial charge in [-0.1, -0.05) is 282 Å². The van der Waals surface area contributed by atoms with Crippen molar-refractivity contribution in [2.75, 3.05) is 47.5 Å². The normalized spacial score (nSPS) is 14.1. The first-order valence-corrected chi connectivity index (χ1v) is 36.1. The number of likely N-dealkylation sites (N-methyl/N-ethyl adjacent to an activating group) is 1. The van der Waals surface area contributed by atoms with Crippen LogP contribution in [0.3, 0.4) is 0 Å². The third-order valence-corrected chi connectivity index (χ3v) is 15.3. The fourth-order valence-corrected chi connectivity index (χ4v) is 9.82. The van der Waals surface area contributed by atoms with Gasteiger partial charge in [-0.15, -0.1) is 0 Å². The number of esters is 2. The molecule has 0 aliphatic heterocycles. The van der Waals surface area contributed by atoms with E-state index in [2.05, 4.69) is 160 Å². The summed E-state index contributed by atoms with van der Waals surface area (Å²) in [5, 5.41) is 0. The summed E-state index contributed by atoms with van der Waals surface area (Å²) in [6, 6.07) is 0. The predicted molar refractivity (Wildman–Crippen MR) is 371 cm³/mol. The topological polar surface area (TPSA) is 108 Å². The Labute approximate surface area is 529 Å². The van der Waals surface area contributed by atoms with Gasteiger partial charge in [0.2, 0.25) is 0 Å². The van der Waals surface area contributed by atoms with Gasteiger partial charge in [0.15, 0.2) is 6.10 Å². The van der Waals surface area contributed by atoms with Crippen molar-refractivity contribution in [1.82, 2.24) is 0 Å². The Morgan fingerprint density at radius 2 is 0.663 bits per heavy atom. The molecule has 0 aromatic heterocycles. The number of quaternary nitrogens is 1. The highest BCUT2D eigenvalue weighted by Gasteiger charge is 2.27. The lowest BCUT2D eigenvalue weighted by Gasteiger charge is -2.24. The molecule has 0 aromatic carbocycles. The maximum atomic E-state index is 12.9. The lowest BCUT2D eigenvalue weighted by Crippen LogP contribution is -2.37. The number of ether oxygens (including phenoxy) is 2. The van der Waals surface area contributed by atoms with Crippen LogP contribution in [0, 0.1) is 0 Å². The second-order valence-corrected chi connectivity index (χ2v) is 25.3. The zero-order valence-electron chi connectivity index (χ0n) is 55.7. The average Bonchev–Trinajstić information content (AvgIpc) is 3.70. The van der Waals surface area contributed by atoms with E-state index in [0.29, 0.717) is 17.4 Å². The molecule has 1 N–H and O–H groups in total. The molecule has 0 aliphatic rings. The molecule has 0 aliphatic carbocycles. The summed E-state index contributed by atoms with van der Waals surface area (Å²) in [4.78, 5) is 35.8. The largest absolute Gasteiger partial charge is 0.472 e. The van der Waals surface area contributed by atoms with Gasteiger partial charge in [0.1, 0.15) is 19.8 Å². The quantitative estimate of drug-likeness (QED) is 0.0211. The van der Waals surface area contributed by atoms with Gasteiger partial charge in [0.25, 0.3) is 0 Å². The monoisotopic (exact) mass is 1210 g/mol. The van der Waals surface area contributed by atoms with Gasteiger partial charge in [-0.2, -0.15) is 0 Å². The number of hydrogen-bond donors (Lipinski definition) is 1. The van der Waals surface area contributed by atoms with Crippen LogP contribution in [0.5, 0.6) is 0 Å². The van der Waals surface area contributed by atoms with E-state index in [1.807, 2.05) is 21.1 Å². The second kappa shape index (κ2) is 65.3. The van der Waals surface area contributed by atoms with Crippen molar-refractivity contribution in [3.05, 3.63) is 146 Å². The molecular formula is C76H129NO8P+. The summed E-state index contributed by atoms with van der Waals surface area (Å²) in [6.45, 7) is 4.30. The highest BCUT2D eigenvalue weighted by molar-refractivity contribution is 7.47. The number of allylic oxidation sites excluding steroid dienone is 24. The zero-order valence-corrected chi connectivity index (χ0v) is 56.6. The Kier molecular flexibility index (Phi) is 62.2. The Morgan fingerprint density at radius 1 is 0.372 bits per heavy atom. The van der Waals surface area contributed by atoms with Crippen molar-refractivity contribution in [2.45, 2.75) is 277 Å². The number of phosphoric acid groups is 1. The molecule has 0 rings (SSSR count). The van der Waals surface area contributed by atoms with Gasteiger partial charge in [-0.05, 0) is 122 Å². The first-order chi connectivity index (χ1) is 42.0. The van der Waals surface area contributed by atoms with Gasteiger partial charge in [0.05, 0.1) is 27.7 Å². The highest BCUT2D eigenvalue weighted by Crippen LogP contribution is 2.43. The molecule has 0 amide bonds. The van der Waals surface area contributed by atoms with E-state index in [1.54, 1.807) is 0 Å². The van der Waals surface area contributed by atoms with E-state index >= 15 is 0 Å². The lowest BCUT2D eigenvalue weighted by molar-refractivity contribution is -0.870. The molecule has 0 heterocycles. The van der Waals surface area contributed by atoms with E-state index < -0.39 is 26.5 Å². The van der Waals surface area contributed by atoms with E-state index in [4.69, 9.17) is 18.5 Å². The summed E-state index contributed by atoms with van der Waals surface area (Å²) in [6.07, 6.45) is 96.5. The molecule has 0 fully saturated rings. The average molecular weight is 1220 g/mol. The highest BCUT2D eigenvalue weighted by atomic mass is 31.2. The van der Waals surface area contributed by atoms with Crippen molar-refractivity contribution in [3.8, 4) is 0 Å². The van der Waals surface area contributed by atoms with Crippen molar-refractivity contribution in [2.24, 2.45) is 0 Å². The summed E-state index contributed by atoms with van der Waals surface area (Å²) < 4.78 is 34.7. The summed E-state index contributed by atoms with van der Waals surface area (Å²) >= 11 is 0. The van der Waals surface area contributed by atoms with Crippen LogP contribution in [-0.4, -0.2) is 74.9 Å². The molecule has 490 valence electrons. The van der Waals surface area contributed by atoms with Gasteiger partial charge >= 0.3 is 19.8 Å². The smallest absolute Gasteiger partial charge is 0.462 e. The number of unbranched alkanes of at least 4 members (excludes halogenated alkanes) is 24. The van der Waals surface area contributed by atoms with E-state index in [0.717, 1.165) is 116 Å². The first-order valence-electron chi connectivity index (χ1n) is 34.6. The predicted octanol–water partition coefficient (Wildman–Crippen LogP) is 22.6. The number of hydrogen-bond acceptors (Lipinski definition) is 7. The standard InChI is InChI=1S/C76H128NO8P/c1-6-8-10-12-14-16-18-20-22-24-26-28-29-30-31-32-33-34-35-36-37-38-39-40-41-42-43-44-45-46-47-49-51-53-55-57-59-61-63-65-67-69-76(79)85-74(73-84-86(80,81)83-71-70-77(3,4)5)72-82-75(78)68-66-64-62-60-58-56-54-52-50-48-27-25-23-21-19-17-15-13-11-9-7-2/h8,10,14,16,19-22,25-28,30-31,33-34,36-37,39-40,42-43,45-46,74H,6-7,9,11-13,15,17-18,23-24,29,32,35,38,41,44,47-73H2,1-5H3/p+1/b10-8-,16-14-,21-19-,22-20-,27-25-,28-26-,31-30-,34-33-,37-36-,40-39-,43-42-,46-45-. The van der Waals surface area contributed by atoms with Crippen LogP contribution >= 0.6 is 7.82 Å². The molecule has 0 saturated carbocycles. The zero-order chi connectivity index (χ0) is 62.6. The van der Waals surface area contributed by atoms with Crippen LogP contribution in [0.2, 0.25) is 0 Å². The third-order valence-electron chi connectivity index (χ3n) is 14.4. The molecule has 0 aromatic rings. The summed E-state index contributed by atoms with van der Waals surface area (Å²) in [5.74, 6) is -0.810. The Bertz CT molecular complexity index is 1960. The van der Waals surface area contributed by atoms with Crippen LogP contribution < -0.4 is 0 Å². The minimum Gasteiger partial charge on any atom is -0.462 e. The summed E-state index contributed by atoms with van der Waals surface area (Å²) in [5.41, 5.74) is 0. The number of phosphoric ester groups is 1. The summed E-state index contributed by atoms with van der Waals surface area (Å²) in [7, 11) is 1.46. The van der Waals surface area contributed by atoms with Gasteiger partial charge in [-0.3, -0.25) is 18.6 Å². The number of carbonyl (C=O) groups excluding carboxylic acids is 2. The van der Waals surface area contributed by atoms with Gasteiger partial charge in [-0.25, -0.2) is 4.57 Å². The Hall–Kier alpha value is -4.11. The molecule has 2 atom stereocenters. The molecule has 0 bridgehead atoms. The molecule has 0 spiro atoms. The molecule has 9 nitrogen and oxygen atoms in total. The van der Waals surface area contributed by atoms with E-state index in [1.165, 1.54) is 122 Å². The molecule has 10 heteroatoms. The van der Waals surface area contributed by atoms with Crippen molar-refractivity contribution in [1.29, 1.82) is 0 Å². The fraction of sp³-hybridized carbons (Fsp3) is 0.658. The van der Waals surface area contributed by atoms with Crippen molar-refractivity contribution < 1.29 is 42.1 Å². The number of rotatable bonds is 62. The van der Waals surface area contributed by atoms with Crippen LogP contribution in [0.1, 0.15) is 271 Å². The van der Waals surface area contributed by atoms with Crippen LogP contribution in [0.25, 0.3) is 0 Å². The Balaban J connectivity index is 4.10. The number of nitrogens with zero attached hydrogens (tertiary/aromatic N) is 1. The van der Waals surface area contributed by atoms with Crippen LogP contribution in [0.4, 0.5) is 0 Å². The number of carbonyl (C=O) groups is 2. The molecule has 0 saturated heterocycles. The van der Waals surface area contributed by atoms with E-state index in [9.17, 15) is 19.0 Å². The lowest BCUT2D eigenvalue weighted by atomic mass is 10.0. The first kappa shape index (κ1) is 81.9. The van der Waals surface area contributed by atoms with Gasteiger partial charge in [0, 0.05) is 12.8 Å². The second-order valence-electron chi connectivity index (χ2n) is 23.8. The minimum absolute atomic E-state index is 0.0239. The van der Waals surface area contributed by atoms with Crippen LogP contribution in [0.15, 0.2) is 146 Å². The molecule has 86 heavy (non-hydrogen) atoms. The fourth-order valence-electron chi connectivity index (χ4n) is 9.07. The maximum absolute atomic E-state index is 12.9.